The van der Waals surface area contributed by atoms with Gasteiger partial charge in [-0.1, -0.05) is 44.2 Å². The van der Waals surface area contributed by atoms with Crippen molar-refractivity contribution < 1.29 is 13.2 Å². The largest absolute Gasteiger partial charge is 0.299 e. The van der Waals surface area contributed by atoms with Gasteiger partial charge in [-0.05, 0) is 29.7 Å². The first-order chi connectivity index (χ1) is 10.3. The predicted octanol–water partition coefficient (Wildman–Crippen LogP) is 2.83. The molecule has 2 saturated carbocycles. The summed E-state index contributed by atoms with van der Waals surface area (Å²) in [5.41, 5.74) is -0.255. The van der Waals surface area contributed by atoms with E-state index >= 15 is 0 Å². The van der Waals surface area contributed by atoms with Crippen molar-refractivity contribution in [3.05, 3.63) is 35.9 Å². The molecule has 2 atom stereocenters. The summed E-state index contributed by atoms with van der Waals surface area (Å²) in [6.45, 7) is 4.07. The Balaban J connectivity index is 1.86. The van der Waals surface area contributed by atoms with Crippen LogP contribution in [0, 0.1) is 16.7 Å². The summed E-state index contributed by atoms with van der Waals surface area (Å²) in [7, 11) is -3.66. The number of fused-ring (bicyclic) bond motifs is 2. The Morgan fingerprint density at radius 1 is 1.27 bits per heavy atom. The molecule has 22 heavy (non-hydrogen) atoms. The zero-order valence-electron chi connectivity index (χ0n) is 13.0. The molecule has 2 aliphatic carbocycles. The molecular weight excluding hydrogens is 298 g/mol. The smallest absolute Gasteiger partial charge is 0.254 e. The Morgan fingerprint density at radius 2 is 1.95 bits per heavy atom. The molecule has 0 unspecified atom stereocenters. The van der Waals surface area contributed by atoms with Crippen molar-refractivity contribution in [3.63, 3.8) is 0 Å². The summed E-state index contributed by atoms with van der Waals surface area (Å²) in [5.74, 6) is 0.256. The Morgan fingerprint density at radius 3 is 2.50 bits per heavy atom. The van der Waals surface area contributed by atoms with E-state index in [9.17, 15) is 13.2 Å². The van der Waals surface area contributed by atoms with Crippen molar-refractivity contribution in [1.29, 1.82) is 0 Å². The summed E-state index contributed by atoms with van der Waals surface area (Å²) in [6.07, 6.45) is 3.50. The molecular formula is C17H21NO3S. The number of nitrogens with zero attached hydrogens (tertiary/aromatic N) is 1. The van der Waals surface area contributed by atoms with Gasteiger partial charge in [0, 0.05) is 12.6 Å². The van der Waals surface area contributed by atoms with Crippen molar-refractivity contribution in [2.24, 2.45) is 21.1 Å². The van der Waals surface area contributed by atoms with Crippen LogP contribution in [0.5, 0.6) is 0 Å². The van der Waals surface area contributed by atoms with E-state index in [1.165, 1.54) is 6.21 Å². The van der Waals surface area contributed by atoms with Gasteiger partial charge in [0.25, 0.3) is 10.0 Å². The van der Waals surface area contributed by atoms with Gasteiger partial charge < -0.3 is 0 Å². The number of Topliss-reactive ketones (excluding diaryl/α,β-unsaturated/α-hetero) is 1. The standard InChI is InChI=1S/C17H21NO3S/c1-16(2)14-8-9-17(16,15(19)10-14)12-22(20,21)18-11-13-6-4-3-5-7-13/h3-7,11,14H,8-10,12H2,1-2H3/b18-11-/t14-,17+/m1/s1. The first-order valence-corrected chi connectivity index (χ1v) is 9.24. The molecule has 118 valence electrons. The van der Waals surface area contributed by atoms with E-state index in [1.807, 2.05) is 32.0 Å². The Bertz CT molecular complexity index is 722. The van der Waals surface area contributed by atoms with E-state index in [-0.39, 0.29) is 17.0 Å². The van der Waals surface area contributed by atoms with Crippen LogP contribution in [0.25, 0.3) is 0 Å². The van der Waals surface area contributed by atoms with Gasteiger partial charge in [-0.2, -0.15) is 4.40 Å². The van der Waals surface area contributed by atoms with E-state index < -0.39 is 15.4 Å². The Labute approximate surface area is 131 Å². The minimum absolute atomic E-state index is 0.104. The highest BCUT2D eigenvalue weighted by Gasteiger charge is 2.65. The molecule has 0 spiro atoms. The Kier molecular flexibility index (Phi) is 3.51. The van der Waals surface area contributed by atoms with Gasteiger partial charge in [0.1, 0.15) is 5.78 Å². The molecule has 2 aliphatic rings. The van der Waals surface area contributed by atoms with Crippen LogP contribution in [0.2, 0.25) is 0 Å². The van der Waals surface area contributed by atoms with E-state index in [0.29, 0.717) is 18.8 Å². The normalized spacial score (nSPS) is 30.3. The highest BCUT2D eigenvalue weighted by molar-refractivity contribution is 7.90. The SMILES string of the molecule is CC1(C)[C@@H]2CC[C@]1(CS(=O)(=O)/N=C\c1ccccc1)C(=O)C2. The molecule has 1 aromatic carbocycles. The van der Waals surface area contributed by atoms with E-state index in [0.717, 1.165) is 12.0 Å². The topological polar surface area (TPSA) is 63.6 Å². The second-order valence-corrected chi connectivity index (χ2v) is 8.70. The molecule has 2 fully saturated rings. The third kappa shape index (κ3) is 2.32. The number of carbonyl (C=O) groups is 1. The molecule has 3 rings (SSSR count). The minimum Gasteiger partial charge on any atom is -0.299 e. The maximum atomic E-state index is 12.4. The minimum atomic E-state index is -3.66. The molecule has 0 radical (unpaired) electrons. The quantitative estimate of drug-likeness (QED) is 0.802. The predicted molar refractivity (Wildman–Crippen MR) is 86.4 cm³/mol. The zero-order chi connectivity index (χ0) is 16.0. The van der Waals surface area contributed by atoms with Crippen molar-refractivity contribution in [1.82, 2.24) is 0 Å². The number of hydrogen-bond donors (Lipinski definition) is 0. The lowest BCUT2D eigenvalue weighted by atomic mass is 9.70. The second-order valence-electron chi connectivity index (χ2n) is 7.04. The lowest BCUT2D eigenvalue weighted by Crippen LogP contribution is -2.41. The number of hydrogen-bond acceptors (Lipinski definition) is 3. The maximum Gasteiger partial charge on any atom is 0.254 e. The summed E-state index contributed by atoms with van der Waals surface area (Å²) in [5, 5.41) is 0. The Hall–Kier alpha value is -1.49. The maximum absolute atomic E-state index is 12.4. The van der Waals surface area contributed by atoms with Gasteiger partial charge >= 0.3 is 0 Å². The van der Waals surface area contributed by atoms with Crippen LogP contribution in [-0.4, -0.2) is 26.2 Å². The average molecular weight is 319 g/mol. The van der Waals surface area contributed by atoms with Crippen molar-refractivity contribution in [3.8, 4) is 0 Å². The number of sulfonamides is 1. The third-order valence-electron chi connectivity index (χ3n) is 5.73. The van der Waals surface area contributed by atoms with Crippen LogP contribution in [0.1, 0.15) is 38.7 Å². The van der Waals surface area contributed by atoms with Gasteiger partial charge in [-0.25, -0.2) is 8.42 Å². The van der Waals surface area contributed by atoms with E-state index in [2.05, 4.69) is 4.40 Å². The lowest BCUT2D eigenvalue weighted by Gasteiger charge is -2.35. The van der Waals surface area contributed by atoms with Gasteiger partial charge in [0.2, 0.25) is 0 Å². The molecule has 0 saturated heterocycles. The fraction of sp³-hybridized carbons (Fsp3) is 0.529. The van der Waals surface area contributed by atoms with Gasteiger partial charge in [0.15, 0.2) is 0 Å². The summed E-state index contributed by atoms with van der Waals surface area (Å²) in [6, 6.07) is 9.12. The molecule has 0 N–H and O–H groups in total. The third-order valence-corrected chi connectivity index (χ3v) is 7.01. The molecule has 0 amide bonds. The number of carbonyl (C=O) groups excluding carboxylic acids is 1. The summed E-state index contributed by atoms with van der Waals surface area (Å²) < 4.78 is 28.6. The van der Waals surface area contributed by atoms with Crippen molar-refractivity contribution in [2.75, 3.05) is 5.75 Å². The van der Waals surface area contributed by atoms with E-state index in [4.69, 9.17) is 0 Å². The zero-order valence-corrected chi connectivity index (χ0v) is 13.8. The lowest BCUT2D eigenvalue weighted by molar-refractivity contribution is -0.128. The highest BCUT2D eigenvalue weighted by atomic mass is 32.2. The van der Waals surface area contributed by atoms with Crippen LogP contribution < -0.4 is 0 Å². The van der Waals surface area contributed by atoms with Crippen LogP contribution in [0.3, 0.4) is 0 Å². The fourth-order valence-electron chi connectivity index (χ4n) is 4.14. The van der Waals surface area contributed by atoms with Crippen molar-refractivity contribution in [2.45, 2.75) is 33.1 Å². The number of ketones is 1. The monoisotopic (exact) mass is 319 g/mol. The molecule has 1 aromatic rings. The molecule has 0 aliphatic heterocycles. The first kappa shape index (κ1) is 15.4. The molecule has 5 heteroatoms. The molecule has 2 bridgehead atoms. The fourth-order valence-corrected chi connectivity index (χ4v) is 5.79. The van der Waals surface area contributed by atoms with Crippen LogP contribution in [-0.2, 0) is 14.8 Å². The van der Waals surface area contributed by atoms with Gasteiger partial charge in [0.05, 0.1) is 11.2 Å². The summed E-state index contributed by atoms with van der Waals surface area (Å²) in [4.78, 5) is 12.4. The number of rotatable bonds is 4. The summed E-state index contributed by atoms with van der Waals surface area (Å²) >= 11 is 0. The van der Waals surface area contributed by atoms with Gasteiger partial charge in [-0.3, -0.25) is 4.79 Å². The number of benzene rings is 1. The van der Waals surface area contributed by atoms with Crippen LogP contribution >= 0.6 is 0 Å². The average Bonchev–Trinajstić information content (AvgIpc) is 2.80. The van der Waals surface area contributed by atoms with Gasteiger partial charge in [-0.15, -0.1) is 0 Å². The van der Waals surface area contributed by atoms with E-state index in [1.54, 1.807) is 12.1 Å². The van der Waals surface area contributed by atoms with Crippen LogP contribution in [0.4, 0.5) is 0 Å². The molecule has 0 heterocycles. The molecule has 4 nitrogen and oxygen atoms in total. The van der Waals surface area contributed by atoms with Crippen molar-refractivity contribution >= 4 is 22.0 Å². The second kappa shape index (κ2) is 5.01. The van der Waals surface area contributed by atoms with Crippen LogP contribution in [0.15, 0.2) is 34.7 Å². The highest BCUT2D eigenvalue weighted by Crippen LogP contribution is 2.64. The molecule has 0 aromatic heterocycles. The first-order valence-electron chi connectivity index (χ1n) is 7.63.